The monoisotopic (exact) mass is 252 g/mol. The average molecular weight is 252 g/mol. The Labute approximate surface area is 106 Å². The lowest BCUT2D eigenvalue weighted by molar-refractivity contribution is -0.386. The molecule has 98 valence electrons. The van der Waals surface area contributed by atoms with E-state index in [1.54, 1.807) is 6.07 Å². The number of piperidine rings is 1. The molecule has 18 heavy (non-hydrogen) atoms. The highest BCUT2D eigenvalue weighted by atomic mass is 19.1. The molecule has 1 heterocycles. The van der Waals surface area contributed by atoms with Crippen molar-refractivity contribution < 1.29 is 9.31 Å². The number of benzene rings is 1. The number of nitro benzene ring substituents is 1. The fourth-order valence-electron chi connectivity index (χ4n) is 2.54. The van der Waals surface area contributed by atoms with Crippen molar-refractivity contribution in [2.24, 2.45) is 5.92 Å². The number of anilines is 1. The Morgan fingerprint density at radius 1 is 1.39 bits per heavy atom. The van der Waals surface area contributed by atoms with Crippen LogP contribution in [0.15, 0.2) is 18.2 Å². The molecule has 1 aliphatic heterocycles. The molecular formula is C13H17FN2O2. The first-order valence-electron chi connectivity index (χ1n) is 6.20. The second-order valence-electron chi connectivity index (χ2n) is 5.05. The van der Waals surface area contributed by atoms with Gasteiger partial charge in [0.05, 0.1) is 4.92 Å². The van der Waals surface area contributed by atoms with Crippen molar-refractivity contribution in [3.8, 4) is 0 Å². The van der Waals surface area contributed by atoms with Gasteiger partial charge in [-0.2, -0.15) is 4.39 Å². The molecule has 0 spiro atoms. The molecule has 1 aliphatic rings. The van der Waals surface area contributed by atoms with Gasteiger partial charge in [0.15, 0.2) is 0 Å². The number of nitrogens with zero attached hydrogens (tertiary/aromatic N) is 2. The molecule has 2 unspecified atom stereocenters. The van der Waals surface area contributed by atoms with Gasteiger partial charge in [-0.1, -0.05) is 13.0 Å². The topological polar surface area (TPSA) is 46.4 Å². The summed E-state index contributed by atoms with van der Waals surface area (Å²) in [4.78, 5) is 12.3. The molecule has 2 atom stereocenters. The van der Waals surface area contributed by atoms with E-state index < -0.39 is 16.4 Å². The van der Waals surface area contributed by atoms with Gasteiger partial charge in [-0.25, -0.2) is 0 Å². The first-order valence-corrected chi connectivity index (χ1v) is 6.20. The van der Waals surface area contributed by atoms with Crippen molar-refractivity contribution in [2.45, 2.75) is 32.7 Å². The third-order valence-electron chi connectivity index (χ3n) is 3.58. The first kappa shape index (κ1) is 12.8. The van der Waals surface area contributed by atoms with Gasteiger partial charge in [-0.15, -0.1) is 0 Å². The van der Waals surface area contributed by atoms with Crippen LogP contribution in [0.1, 0.15) is 26.7 Å². The number of para-hydroxylation sites is 1. The van der Waals surface area contributed by atoms with E-state index >= 15 is 0 Å². The summed E-state index contributed by atoms with van der Waals surface area (Å²) in [6.07, 6.45) is 2.09. The van der Waals surface area contributed by atoms with Gasteiger partial charge in [0.25, 0.3) is 0 Å². The maximum Gasteiger partial charge on any atom is 0.327 e. The quantitative estimate of drug-likeness (QED) is 0.599. The van der Waals surface area contributed by atoms with Crippen LogP contribution in [0.4, 0.5) is 15.8 Å². The van der Waals surface area contributed by atoms with Gasteiger partial charge in [0.1, 0.15) is 5.69 Å². The summed E-state index contributed by atoms with van der Waals surface area (Å²) < 4.78 is 13.6. The van der Waals surface area contributed by atoms with Crippen LogP contribution in [0.2, 0.25) is 0 Å². The fourth-order valence-corrected chi connectivity index (χ4v) is 2.54. The van der Waals surface area contributed by atoms with Crippen molar-refractivity contribution in [3.05, 3.63) is 34.1 Å². The molecule has 0 aliphatic carbocycles. The van der Waals surface area contributed by atoms with Gasteiger partial charge in [0, 0.05) is 12.6 Å². The second kappa shape index (κ2) is 4.92. The summed E-state index contributed by atoms with van der Waals surface area (Å²) in [5.74, 6) is -0.285. The molecule has 0 bridgehead atoms. The van der Waals surface area contributed by atoms with E-state index in [1.807, 2.05) is 11.8 Å². The summed E-state index contributed by atoms with van der Waals surface area (Å²) in [6.45, 7) is 4.88. The number of halogens is 1. The smallest absolute Gasteiger partial charge is 0.327 e. The van der Waals surface area contributed by atoms with Crippen molar-refractivity contribution >= 4 is 11.4 Å². The Morgan fingerprint density at radius 2 is 2.11 bits per heavy atom. The van der Waals surface area contributed by atoms with E-state index in [2.05, 4.69) is 6.92 Å². The summed E-state index contributed by atoms with van der Waals surface area (Å²) >= 11 is 0. The standard InChI is InChI=1S/C13H17FN2O2/c1-9-6-7-10(2)15(8-9)12-5-3-4-11(14)13(12)16(17)18/h3-5,9-10H,6-8H2,1-2H3. The third kappa shape index (κ3) is 2.30. The number of nitro groups is 1. The maximum absolute atomic E-state index is 13.6. The molecule has 5 heteroatoms. The zero-order chi connectivity index (χ0) is 13.3. The van der Waals surface area contributed by atoms with Crippen LogP contribution < -0.4 is 4.90 Å². The number of hydrogen-bond acceptors (Lipinski definition) is 3. The van der Waals surface area contributed by atoms with Crippen LogP contribution in [-0.4, -0.2) is 17.5 Å². The molecular weight excluding hydrogens is 235 g/mol. The lowest BCUT2D eigenvalue weighted by atomic mass is 9.94. The van der Waals surface area contributed by atoms with Gasteiger partial charge in [0.2, 0.25) is 5.82 Å². The Balaban J connectivity index is 2.43. The lowest BCUT2D eigenvalue weighted by Crippen LogP contribution is -2.41. The molecule has 0 radical (unpaired) electrons. The zero-order valence-corrected chi connectivity index (χ0v) is 10.6. The van der Waals surface area contributed by atoms with Gasteiger partial charge in [-0.3, -0.25) is 10.1 Å². The van der Waals surface area contributed by atoms with Crippen LogP contribution in [0.25, 0.3) is 0 Å². The molecule has 4 nitrogen and oxygen atoms in total. The molecule has 1 saturated heterocycles. The van der Waals surface area contributed by atoms with Crippen molar-refractivity contribution in [1.29, 1.82) is 0 Å². The molecule has 0 aromatic heterocycles. The van der Waals surface area contributed by atoms with Gasteiger partial charge in [-0.05, 0) is 37.8 Å². The third-order valence-corrected chi connectivity index (χ3v) is 3.58. The summed E-state index contributed by atoms with van der Waals surface area (Å²) in [5.41, 5.74) is -0.00231. The Bertz CT molecular complexity index is 464. The Morgan fingerprint density at radius 3 is 2.78 bits per heavy atom. The normalized spacial score (nSPS) is 24.1. The predicted molar refractivity (Wildman–Crippen MR) is 68.3 cm³/mol. The molecule has 1 aromatic carbocycles. The van der Waals surface area contributed by atoms with Crippen LogP contribution in [0.5, 0.6) is 0 Å². The average Bonchev–Trinajstić information content (AvgIpc) is 2.31. The highest BCUT2D eigenvalue weighted by Crippen LogP contribution is 2.35. The Kier molecular flexibility index (Phi) is 3.50. The van der Waals surface area contributed by atoms with E-state index in [4.69, 9.17) is 0 Å². The highest BCUT2D eigenvalue weighted by molar-refractivity contribution is 5.64. The summed E-state index contributed by atoms with van der Waals surface area (Å²) in [5, 5.41) is 11.0. The van der Waals surface area contributed by atoms with Crippen LogP contribution in [0.3, 0.4) is 0 Å². The SMILES string of the molecule is CC1CCC(C)N(c2cccc(F)c2[N+](=O)[O-])C1. The van der Waals surface area contributed by atoms with Gasteiger partial charge < -0.3 is 4.90 Å². The molecule has 1 fully saturated rings. The minimum Gasteiger partial charge on any atom is -0.363 e. The molecule has 0 saturated carbocycles. The van der Waals surface area contributed by atoms with Gasteiger partial charge >= 0.3 is 5.69 Å². The largest absolute Gasteiger partial charge is 0.363 e. The highest BCUT2D eigenvalue weighted by Gasteiger charge is 2.30. The van der Waals surface area contributed by atoms with Crippen molar-refractivity contribution in [1.82, 2.24) is 0 Å². The van der Waals surface area contributed by atoms with Crippen LogP contribution in [-0.2, 0) is 0 Å². The molecule has 0 amide bonds. The predicted octanol–water partition coefficient (Wildman–Crippen LogP) is 3.36. The fraction of sp³-hybridized carbons (Fsp3) is 0.538. The van der Waals surface area contributed by atoms with Crippen LogP contribution in [0, 0.1) is 21.8 Å². The molecule has 1 aromatic rings. The maximum atomic E-state index is 13.6. The minimum absolute atomic E-state index is 0.210. The molecule has 2 rings (SSSR count). The minimum atomic E-state index is -0.761. The van der Waals surface area contributed by atoms with Crippen molar-refractivity contribution in [3.63, 3.8) is 0 Å². The summed E-state index contributed by atoms with van der Waals surface area (Å²) in [6, 6.07) is 4.51. The lowest BCUT2D eigenvalue weighted by Gasteiger charge is -2.38. The number of rotatable bonds is 2. The number of hydrogen-bond donors (Lipinski definition) is 0. The van der Waals surface area contributed by atoms with E-state index in [0.717, 1.165) is 25.5 Å². The zero-order valence-electron chi connectivity index (χ0n) is 10.6. The second-order valence-corrected chi connectivity index (χ2v) is 5.05. The summed E-state index contributed by atoms with van der Waals surface area (Å²) in [7, 11) is 0. The van der Waals surface area contributed by atoms with E-state index in [9.17, 15) is 14.5 Å². The van der Waals surface area contributed by atoms with E-state index in [1.165, 1.54) is 6.07 Å². The van der Waals surface area contributed by atoms with E-state index in [0.29, 0.717) is 11.6 Å². The van der Waals surface area contributed by atoms with Crippen LogP contribution >= 0.6 is 0 Å². The first-order chi connectivity index (χ1) is 8.50. The Hall–Kier alpha value is -1.65. The molecule has 0 N–H and O–H groups in total. The van der Waals surface area contributed by atoms with Crippen molar-refractivity contribution in [2.75, 3.05) is 11.4 Å². The van der Waals surface area contributed by atoms with E-state index in [-0.39, 0.29) is 6.04 Å².